The Morgan fingerprint density at radius 1 is 1.17 bits per heavy atom. The van der Waals surface area contributed by atoms with Crippen molar-refractivity contribution in [1.29, 1.82) is 0 Å². The molecule has 0 N–H and O–H groups in total. The number of benzene rings is 1. The van der Waals surface area contributed by atoms with E-state index in [1.807, 2.05) is 35.2 Å². The third-order valence-corrected chi connectivity index (χ3v) is 5.17. The van der Waals surface area contributed by atoms with Gasteiger partial charge in [0.05, 0.1) is 4.92 Å². The molecule has 124 valence electrons. The molecular weight excluding hydrogens is 326 g/mol. The summed E-state index contributed by atoms with van der Waals surface area (Å²) in [5.74, 6) is -0.0105. The van der Waals surface area contributed by atoms with Crippen molar-refractivity contribution in [3.63, 3.8) is 0 Å². The first-order chi connectivity index (χ1) is 11.7. The Morgan fingerprint density at radius 3 is 2.54 bits per heavy atom. The summed E-state index contributed by atoms with van der Waals surface area (Å²) in [5, 5.41) is 11.0. The van der Waals surface area contributed by atoms with E-state index in [0.29, 0.717) is 0 Å². The number of hydrogen-bond acceptors (Lipinski definition) is 5. The lowest BCUT2D eigenvalue weighted by atomic mass is 10.1. The van der Waals surface area contributed by atoms with Crippen LogP contribution in [0.4, 0.5) is 5.69 Å². The maximum absolute atomic E-state index is 12.9. The van der Waals surface area contributed by atoms with E-state index in [1.54, 1.807) is 0 Å². The number of aromatic nitrogens is 1. The van der Waals surface area contributed by atoms with E-state index in [1.165, 1.54) is 18.3 Å². The zero-order valence-corrected chi connectivity index (χ0v) is 13.8. The van der Waals surface area contributed by atoms with Gasteiger partial charge in [-0.2, -0.15) is 0 Å². The molecule has 1 amide bonds. The van der Waals surface area contributed by atoms with Gasteiger partial charge in [-0.15, -0.1) is 0 Å². The molecule has 1 fully saturated rings. The highest BCUT2D eigenvalue weighted by Gasteiger charge is 2.31. The molecule has 0 spiro atoms. The van der Waals surface area contributed by atoms with E-state index in [4.69, 9.17) is 0 Å². The van der Waals surface area contributed by atoms with Gasteiger partial charge < -0.3 is 4.90 Å². The molecule has 0 saturated carbocycles. The molecule has 0 aliphatic carbocycles. The Hall–Kier alpha value is -2.41. The van der Waals surface area contributed by atoms with Crippen LogP contribution in [0.5, 0.6) is 0 Å². The fraction of sp³-hybridized carbons (Fsp3) is 0.294. The summed E-state index contributed by atoms with van der Waals surface area (Å²) >= 11 is 1.15. The van der Waals surface area contributed by atoms with Crippen LogP contribution in [-0.4, -0.2) is 33.8 Å². The monoisotopic (exact) mass is 343 g/mol. The van der Waals surface area contributed by atoms with Gasteiger partial charge in [0.1, 0.15) is 5.25 Å². The number of carbonyl (C=O) groups excluding carboxylic acids is 1. The van der Waals surface area contributed by atoms with Crippen LogP contribution < -0.4 is 0 Å². The van der Waals surface area contributed by atoms with Crippen molar-refractivity contribution in [3.8, 4) is 0 Å². The number of carbonyl (C=O) groups is 1. The highest BCUT2D eigenvalue weighted by Crippen LogP contribution is 2.39. The number of rotatable bonds is 5. The summed E-state index contributed by atoms with van der Waals surface area (Å²) in [6.45, 7) is 1.49. The van der Waals surface area contributed by atoms with Gasteiger partial charge in [-0.25, -0.2) is 4.98 Å². The van der Waals surface area contributed by atoms with Crippen molar-refractivity contribution < 1.29 is 9.72 Å². The smallest absolute Gasteiger partial charge is 0.301 e. The van der Waals surface area contributed by atoms with E-state index in [9.17, 15) is 14.9 Å². The van der Waals surface area contributed by atoms with Crippen molar-refractivity contribution in [3.05, 3.63) is 64.3 Å². The van der Waals surface area contributed by atoms with Crippen molar-refractivity contribution >= 4 is 23.4 Å². The average molecular weight is 343 g/mol. The fourth-order valence-electron chi connectivity index (χ4n) is 2.72. The second-order valence-corrected chi connectivity index (χ2v) is 6.62. The van der Waals surface area contributed by atoms with Crippen LogP contribution in [0.15, 0.2) is 53.7 Å². The van der Waals surface area contributed by atoms with Gasteiger partial charge in [0.25, 0.3) is 0 Å². The van der Waals surface area contributed by atoms with Crippen LogP contribution in [0.25, 0.3) is 0 Å². The molecule has 1 aromatic heterocycles. The largest absolute Gasteiger partial charge is 0.341 e. The van der Waals surface area contributed by atoms with Crippen molar-refractivity contribution in [1.82, 2.24) is 9.88 Å². The SMILES string of the molecule is O=C([C@H](Sc1ncccc1[N+](=O)[O-])c1ccccc1)N1CCCC1. The lowest BCUT2D eigenvalue weighted by Crippen LogP contribution is -2.31. The third-order valence-electron chi connectivity index (χ3n) is 3.92. The van der Waals surface area contributed by atoms with Crippen molar-refractivity contribution in [2.24, 2.45) is 0 Å². The quantitative estimate of drug-likeness (QED) is 0.472. The summed E-state index contributed by atoms with van der Waals surface area (Å²) in [5.41, 5.74) is 0.761. The Balaban J connectivity index is 1.93. The molecule has 0 radical (unpaired) electrons. The molecule has 3 rings (SSSR count). The molecule has 1 aliphatic rings. The highest BCUT2D eigenvalue weighted by molar-refractivity contribution is 8.00. The molecule has 1 aliphatic heterocycles. The maximum Gasteiger partial charge on any atom is 0.301 e. The first kappa shape index (κ1) is 16.4. The third kappa shape index (κ3) is 3.56. The van der Waals surface area contributed by atoms with E-state index in [2.05, 4.69) is 4.98 Å². The predicted molar refractivity (Wildman–Crippen MR) is 91.7 cm³/mol. The van der Waals surface area contributed by atoms with Crippen LogP contribution in [0.3, 0.4) is 0 Å². The first-order valence-electron chi connectivity index (χ1n) is 7.76. The molecule has 1 atom stereocenters. The standard InChI is InChI=1S/C17H17N3O3S/c21-17(19-11-4-5-12-19)15(13-7-2-1-3-8-13)24-16-14(20(22)23)9-6-10-18-16/h1-3,6-10,15H,4-5,11-12H2/t15-/m1/s1. The zero-order chi connectivity index (χ0) is 16.9. The Labute approximate surface area is 144 Å². The first-order valence-corrected chi connectivity index (χ1v) is 8.64. The van der Waals surface area contributed by atoms with Crippen molar-refractivity contribution in [2.75, 3.05) is 13.1 Å². The second kappa shape index (κ2) is 7.44. The molecule has 7 heteroatoms. The van der Waals surface area contributed by atoms with E-state index < -0.39 is 10.2 Å². The van der Waals surface area contributed by atoms with Gasteiger partial charge >= 0.3 is 5.69 Å². The van der Waals surface area contributed by atoms with Gasteiger partial charge in [0.2, 0.25) is 5.91 Å². The molecule has 1 saturated heterocycles. The number of amides is 1. The molecule has 24 heavy (non-hydrogen) atoms. The number of nitro groups is 1. The molecule has 6 nitrogen and oxygen atoms in total. The molecular formula is C17H17N3O3S. The molecule has 0 bridgehead atoms. The van der Waals surface area contributed by atoms with Crippen LogP contribution in [0.2, 0.25) is 0 Å². The number of hydrogen-bond donors (Lipinski definition) is 0. The van der Waals surface area contributed by atoms with Crippen LogP contribution >= 0.6 is 11.8 Å². The molecule has 0 unspecified atom stereocenters. The predicted octanol–water partition coefficient (Wildman–Crippen LogP) is 3.45. The van der Waals surface area contributed by atoms with Gasteiger partial charge in [-0.1, -0.05) is 42.1 Å². The van der Waals surface area contributed by atoms with Gasteiger partial charge in [-0.3, -0.25) is 14.9 Å². The lowest BCUT2D eigenvalue weighted by Gasteiger charge is -2.22. The minimum Gasteiger partial charge on any atom is -0.341 e. The number of pyridine rings is 1. The summed E-state index contributed by atoms with van der Waals surface area (Å²) in [6, 6.07) is 12.3. The Morgan fingerprint density at radius 2 is 1.88 bits per heavy atom. The zero-order valence-electron chi connectivity index (χ0n) is 13.0. The van der Waals surface area contributed by atoms with Gasteiger partial charge in [0.15, 0.2) is 5.03 Å². The second-order valence-electron chi connectivity index (χ2n) is 5.53. The van der Waals surface area contributed by atoms with E-state index >= 15 is 0 Å². The Kier molecular flexibility index (Phi) is 5.10. The minimum atomic E-state index is -0.530. The van der Waals surface area contributed by atoms with Crippen LogP contribution in [-0.2, 0) is 4.79 Å². The summed E-state index contributed by atoms with van der Waals surface area (Å²) in [7, 11) is 0. The molecule has 2 aromatic rings. The number of nitrogens with zero attached hydrogens (tertiary/aromatic N) is 3. The normalized spacial score (nSPS) is 15.2. The number of likely N-dealkylation sites (tertiary alicyclic amines) is 1. The average Bonchev–Trinajstić information content (AvgIpc) is 3.15. The summed E-state index contributed by atoms with van der Waals surface area (Å²) in [4.78, 5) is 29.7. The van der Waals surface area contributed by atoms with Gasteiger partial charge in [0, 0.05) is 25.4 Å². The van der Waals surface area contributed by atoms with E-state index in [-0.39, 0.29) is 16.6 Å². The van der Waals surface area contributed by atoms with Gasteiger partial charge in [-0.05, 0) is 24.5 Å². The molecule has 2 heterocycles. The van der Waals surface area contributed by atoms with E-state index in [0.717, 1.165) is 43.3 Å². The van der Waals surface area contributed by atoms with Crippen molar-refractivity contribution in [2.45, 2.75) is 23.1 Å². The summed E-state index contributed by atoms with van der Waals surface area (Å²) < 4.78 is 0. The fourth-order valence-corrected chi connectivity index (χ4v) is 3.87. The minimum absolute atomic E-state index is 0.0105. The molecule has 1 aromatic carbocycles. The topological polar surface area (TPSA) is 76.3 Å². The Bertz CT molecular complexity index is 733. The number of thioether (sulfide) groups is 1. The lowest BCUT2D eigenvalue weighted by molar-refractivity contribution is -0.388. The highest BCUT2D eigenvalue weighted by atomic mass is 32.2. The van der Waals surface area contributed by atoms with Crippen LogP contribution in [0.1, 0.15) is 23.7 Å². The summed E-state index contributed by atoms with van der Waals surface area (Å²) in [6.07, 6.45) is 3.51. The van der Waals surface area contributed by atoms with Crippen LogP contribution in [0, 0.1) is 10.1 Å². The maximum atomic E-state index is 12.9.